The molecule has 0 fully saturated rings. The predicted molar refractivity (Wildman–Crippen MR) is 94.4 cm³/mol. The van der Waals surface area contributed by atoms with Gasteiger partial charge in [0.05, 0.1) is 17.2 Å². The van der Waals surface area contributed by atoms with Crippen LogP contribution in [0.1, 0.15) is 15.9 Å². The molecule has 0 aliphatic carbocycles. The van der Waals surface area contributed by atoms with Gasteiger partial charge < -0.3 is 15.4 Å². The van der Waals surface area contributed by atoms with Gasteiger partial charge in [0.1, 0.15) is 5.82 Å². The van der Waals surface area contributed by atoms with E-state index in [9.17, 15) is 9.18 Å². The summed E-state index contributed by atoms with van der Waals surface area (Å²) in [6.07, 6.45) is 0. The van der Waals surface area contributed by atoms with Gasteiger partial charge in [0.2, 0.25) is 0 Å². The SMILES string of the molecule is COCCNC(=O)c1ccc(NCc2cc(Cl)ccc2F)cc1Cl. The summed E-state index contributed by atoms with van der Waals surface area (Å²) in [6.45, 7) is 1.08. The van der Waals surface area contributed by atoms with Crippen LogP contribution in [0, 0.1) is 5.82 Å². The van der Waals surface area contributed by atoms with Crippen molar-refractivity contribution in [1.29, 1.82) is 0 Å². The fourth-order valence-electron chi connectivity index (χ4n) is 2.05. The second-order valence-corrected chi connectivity index (χ2v) is 5.88. The third-order valence-electron chi connectivity index (χ3n) is 3.30. The molecule has 0 aliphatic rings. The van der Waals surface area contributed by atoms with Crippen LogP contribution in [0.4, 0.5) is 10.1 Å². The molecular weight excluding hydrogens is 354 g/mol. The van der Waals surface area contributed by atoms with Crippen LogP contribution in [0.15, 0.2) is 36.4 Å². The van der Waals surface area contributed by atoms with Gasteiger partial charge in [-0.3, -0.25) is 4.79 Å². The molecule has 2 rings (SSSR count). The van der Waals surface area contributed by atoms with Gasteiger partial charge in [0, 0.05) is 36.5 Å². The molecule has 0 atom stereocenters. The summed E-state index contributed by atoms with van der Waals surface area (Å²) in [5, 5.41) is 6.53. The summed E-state index contributed by atoms with van der Waals surface area (Å²) >= 11 is 12.0. The number of hydrogen-bond acceptors (Lipinski definition) is 3. The Hall–Kier alpha value is -1.82. The van der Waals surface area contributed by atoms with Crippen molar-refractivity contribution < 1.29 is 13.9 Å². The maximum atomic E-state index is 13.7. The minimum Gasteiger partial charge on any atom is -0.383 e. The monoisotopic (exact) mass is 370 g/mol. The highest BCUT2D eigenvalue weighted by atomic mass is 35.5. The number of nitrogens with one attached hydrogen (secondary N) is 2. The van der Waals surface area contributed by atoms with Crippen molar-refractivity contribution in [2.75, 3.05) is 25.6 Å². The number of anilines is 1. The number of carbonyl (C=O) groups is 1. The predicted octanol–water partition coefficient (Wildman–Crippen LogP) is 4.12. The second-order valence-electron chi connectivity index (χ2n) is 5.03. The zero-order valence-electron chi connectivity index (χ0n) is 13.0. The number of methoxy groups -OCH3 is 1. The molecule has 0 bridgehead atoms. The Balaban J connectivity index is 2.01. The summed E-state index contributed by atoms with van der Waals surface area (Å²) in [5.74, 6) is -0.614. The third kappa shape index (κ3) is 5.09. The van der Waals surface area contributed by atoms with E-state index < -0.39 is 0 Å². The van der Waals surface area contributed by atoms with E-state index in [0.29, 0.717) is 40.0 Å². The number of hydrogen-bond donors (Lipinski definition) is 2. The first-order valence-electron chi connectivity index (χ1n) is 7.25. The van der Waals surface area contributed by atoms with Gasteiger partial charge >= 0.3 is 0 Å². The van der Waals surface area contributed by atoms with Crippen LogP contribution >= 0.6 is 23.2 Å². The van der Waals surface area contributed by atoms with Gasteiger partial charge in [-0.25, -0.2) is 4.39 Å². The molecule has 0 unspecified atom stereocenters. The maximum absolute atomic E-state index is 13.7. The summed E-state index contributed by atoms with van der Waals surface area (Å²) < 4.78 is 18.6. The van der Waals surface area contributed by atoms with E-state index >= 15 is 0 Å². The van der Waals surface area contributed by atoms with Crippen LogP contribution in [-0.4, -0.2) is 26.2 Å². The molecule has 24 heavy (non-hydrogen) atoms. The Labute approximate surface area is 149 Å². The first-order valence-corrected chi connectivity index (χ1v) is 8.01. The molecule has 0 aromatic heterocycles. The zero-order chi connectivity index (χ0) is 17.5. The molecule has 0 spiro atoms. The summed E-state index contributed by atoms with van der Waals surface area (Å²) in [6, 6.07) is 9.31. The van der Waals surface area contributed by atoms with E-state index in [0.717, 1.165) is 0 Å². The van der Waals surface area contributed by atoms with Gasteiger partial charge in [-0.2, -0.15) is 0 Å². The van der Waals surface area contributed by atoms with Gasteiger partial charge in [-0.15, -0.1) is 0 Å². The maximum Gasteiger partial charge on any atom is 0.252 e. The molecule has 0 saturated carbocycles. The Morgan fingerprint density at radius 3 is 2.71 bits per heavy atom. The highest BCUT2D eigenvalue weighted by Crippen LogP contribution is 2.22. The lowest BCUT2D eigenvalue weighted by Crippen LogP contribution is -2.27. The number of amides is 1. The average molecular weight is 371 g/mol. The van der Waals surface area contributed by atoms with Crippen molar-refractivity contribution in [3.05, 3.63) is 63.4 Å². The molecule has 1 amide bonds. The molecule has 2 N–H and O–H groups in total. The highest BCUT2D eigenvalue weighted by Gasteiger charge is 2.11. The Morgan fingerprint density at radius 1 is 1.21 bits per heavy atom. The molecule has 0 aliphatic heterocycles. The topological polar surface area (TPSA) is 50.4 Å². The smallest absolute Gasteiger partial charge is 0.252 e. The molecule has 0 heterocycles. The lowest BCUT2D eigenvalue weighted by atomic mass is 10.1. The third-order valence-corrected chi connectivity index (χ3v) is 3.84. The van der Waals surface area contributed by atoms with Crippen molar-refractivity contribution in [3.63, 3.8) is 0 Å². The minimum absolute atomic E-state index is 0.252. The van der Waals surface area contributed by atoms with E-state index in [1.165, 1.54) is 12.1 Å². The molecular formula is C17H17Cl2FN2O2. The Kier molecular flexibility index (Phi) is 6.85. The second kappa shape index (κ2) is 8.87. The van der Waals surface area contributed by atoms with Crippen LogP contribution in [0.2, 0.25) is 10.0 Å². The van der Waals surface area contributed by atoms with Crippen molar-refractivity contribution in [2.45, 2.75) is 6.54 Å². The summed E-state index contributed by atoms with van der Waals surface area (Å²) in [5.41, 5.74) is 1.49. The van der Waals surface area contributed by atoms with E-state index in [-0.39, 0.29) is 18.3 Å². The van der Waals surface area contributed by atoms with Crippen LogP contribution in [0.25, 0.3) is 0 Å². The minimum atomic E-state index is -0.341. The molecule has 7 heteroatoms. The van der Waals surface area contributed by atoms with Crippen molar-refractivity contribution in [3.8, 4) is 0 Å². The van der Waals surface area contributed by atoms with Crippen LogP contribution in [-0.2, 0) is 11.3 Å². The van der Waals surface area contributed by atoms with E-state index in [1.54, 1.807) is 31.4 Å². The van der Waals surface area contributed by atoms with Gasteiger partial charge in [-0.1, -0.05) is 23.2 Å². The van der Waals surface area contributed by atoms with Crippen LogP contribution in [0.3, 0.4) is 0 Å². The standard InChI is InChI=1S/C17H17Cl2FN2O2/c1-24-7-6-21-17(23)14-4-3-13(9-15(14)19)22-10-11-8-12(18)2-5-16(11)20/h2-5,8-9,22H,6-7,10H2,1H3,(H,21,23). The fraction of sp³-hybridized carbons (Fsp3) is 0.235. The first-order chi connectivity index (χ1) is 11.5. The normalized spacial score (nSPS) is 10.5. The summed E-state index contributed by atoms with van der Waals surface area (Å²) in [7, 11) is 1.56. The molecule has 128 valence electrons. The van der Waals surface area contributed by atoms with Crippen LogP contribution < -0.4 is 10.6 Å². The summed E-state index contributed by atoms with van der Waals surface area (Å²) in [4.78, 5) is 12.0. The van der Waals surface area contributed by atoms with Crippen molar-refractivity contribution in [2.24, 2.45) is 0 Å². The van der Waals surface area contributed by atoms with Crippen molar-refractivity contribution in [1.82, 2.24) is 5.32 Å². The number of carbonyl (C=O) groups excluding carboxylic acids is 1. The molecule has 4 nitrogen and oxygen atoms in total. The molecule has 2 aromatic carbocycles. The number of rotatable bonds is 7. The van der Waals surface area contributed by atoms with E-state index in [1.807, 2.05) is 0 Å². The molecule has 0 saturated heterocycles. The lowest BCUT2D eigenvalue weighted by molar-refractivity contribution is 0.0937. The lowest BCUT2D eigenvalue weighted by Gasteiger charge is -2.11. The molecule has 0 radical (unpaired) electrons. The zero-order valence-corrected chi connectivity index (χ0v) is 14.5. The van der Waals surface area contributed by atoms with Crippen molar-refractivity contribution >= 4 is 34.8 Å². The first kappa shape index (κ1) is 18.5. The van der Waals surface area contributed by atoms with Gasteiger partial charge in [0.25, 0.3) is 5.91 Å². The van der Waals surface area contributed by atoms with Gasteiger partial charge in [0.15, 0.2) is 0 Å². The van der Waals surface area contributed by atoms with E-state index in [4.69, 9.17) is 27.9 Å². The highest BCUT2D eigenvalue weighted by molar-refractivity contribution is 6.34. The number of ether oxygens (including phenoxy) is 1. The van der Waals surface area contributed by atoms with E-state index in [2.05, 4.69) is 10.6 Å². The fourth-order valence-corrected chi connectivity index (χ4v) is 2.51. The average Bonchev–Trinajstić information content (AvgIpc) is 2.56. The molecule has 2 aromatic rings. The Bertz CT molecular complexity index is 726. The number of benzene rings is 2. The largest absolute Gasteiger partial charge is 0.383 e. The van der Waals surface area contributed by atoms with Gasteiger partial charge in [-0.05, 0) is 36.4 Å². The quantitative estimate of drug-likeness (QED) is 0.720. The number of halogens is 3. The Morgan fingerprint density at radius 2 is 2.00 bits per heavy atom. The van der Waals surface area contributed by atoms with Crippen LogP contribution in [0.5, 0.6) is 0 Å².